The Hall–Kier alpha value is -2.21. The molecule has 0 unspecified atom stereocenters. The highest BCUT2D eigenvalue weighted by molar-refractivity contribution is 7.61. The molecule has 0 aliphatic rings. The summed E-state index contributed by atoms with van der Waals surface area (Å²) in [6, 6.07) is 9.91. The number of carbonyl (C=O) groups is 1. The lowest BCUT2D eigenvalue weighted by Crippen LogP contribution is -1.96. The zero-order chi connectivity index (χ0) is 12.4. The third-order valence-electron chi connectivity index (χ3n) is 2.27. The molecule has 6 heteroatoms. The summed E-state index contributed by atoms with van der Waals surface area (Å²) in [5, 5.41) is 10.4. The first-order valence-electron chi connectivity index (χ1n) is 4.65. The molecule has 0 atom stereocenters. The lowest BCUT2D eigenvalue weighted by Gasteiger charge is -2.02. The molecule has 86 valence electrons. The number of benzene rings is 2. The molecule has 0 fully saturated rings. The maximum atomic E-state index is 11.0. The quantitative estimate of drug-likeness (QED) is 0.884. The van der Waals surface area contributed by atoms with Gasteiger partial charge in [0.15, 0.2) is 0 Å². The zero-order valence-corrected chi connectivity index (χ0v) is 9.31. The van der Waals surface area contributed by atoms with E-state index in [-0.39, 0.29) is 11.3 Å². The van der Waals surface area contributed by atoms with Gasteiger partial charge in [0.05, 0.1) is 11.3 Å². The molecule has 2 aromatic carbocycles. The van der Waals surface area contributed by atoms with Crippen molar-refractivity contribution >= 4 is 32.9 Å². The van der Waals surface area contributed by atoms with E-state index in [9.17, 15) is 13.2 Å². The van der Waals surface area contributed by atoms with Gasteiger partial charge in [-0.1, -0.05) is 24.3 Å². The van der Waals surface area contributed by atoms with E-state index in [2.05, 4.69) is 4.36 Å². The second kappa shape index (κ2) is 4.34. The van der Waals surface area contributed by atoms with Gasteiger partial charge in [0.1, 0.15) is 0 Å². The van der Waals surface area contributed by atoms with Gasteiger partial charge in [-0.2, -0.15) is 8.42 Å². The first kappa shape index (κ1) is 11.3. The minimum atomic E-state index is -2.67. The zero-order valence-electron chi connectivity index (χ0n) is 8.49. The minimum absolute atomic E-state index is 0.0652. The van der Waals surface area contributed by atoms with Gasteiger partial charge in [-0.3, -0.25) is 0 Å². The Morgan fingerprint density at radius 1 is 1.12 bits per heavy atom. The molecule has 0 aliphatic heterocycles. The van der Waals surface area contributed by atoms with Gasteiger partial charge in [0.2, 0.25) is 0 Å². The molecule has 0 amide bonds. The predicted octanol–water partition coefficient (Wildman–Crippen LogP) is 2.23. The smallest absolute Gasteiger partial charge is 0.337 e. The van der Waals surface area contributed by atoms with E-state index >= 15 is 0 Å². The monoisotopic (exact) mass is 249 g/mol. The first-order valence-corrected chi connectivity index (χ1v) is 5.68. The van der Waals surface area contributed by atoms with Gasteiger partial charge in [-0.05, 0) is 22.9 Å². The summed E-state index contributed by atoms with van der Waals surface area (Å²) in [5.74, 6) is -1.21. The Labute approximate surface area is 98.0 Å². The fourth-order valence-electron chi connectivity index (χ4n) is 1.56. The van der Waals surface area contributed by atoms with Gasteiger partial charge in [0, 0.05) is 0 Å². The van der Waals surface area contributed by atoms with Crippen molar-refractivity contribution in [3.63, 3.8) is 0 Å². The third-order valence-corrected chi connectivity index (χ3v) is 2.61. The van der Waals surface area contributed by atoms with Crippen LogP contribution < -0.4 is 0 Å². The Balaban J connectivity index is 2.84. The van der Waals surface area contributed by atoms with Crippen LogP contribution in [-0.2, 0) is 10.5 Å². The lowest BCUT2D eigenvalue weighted by molar-refractivity contribution is 0.0698. The number of fused-ring (bicyclic) bond motifs is 1. The van der Waals surface area contributed by atoms with Crippen LogP contribution in [0.2, 0.25) is 0 Å². The van der Waals surface area contributed by atoms with E-state index in [1.54, 1.807) is 24.3 Å². The largest absolute Gasteiger partial charge is 0.478 e. The third kappa shape index (κ3) is 2.31. The number of hydrogen-bond donors (Lipinski definition) is 1. The van der Waals surface area contributed by atoms with Crippen LogP contribution in [0.25, 0.3) is 10.8 Å². The highest BCUT2D eigenvalue weighted by atomic mass is 32.2. The van der Waals surface area contributed by atoms with E-state index in [4.69, 9.17) is 5.11 Å². The van der Waals surface area contributed by atoms with Gasteiger partial charge in [-0.15, -0.1) is 4.36 Å². The van der Waals surface area contributed by atoms with Crippen LogP contribution in [0.4, 0.5) is 5.69 Å². The number of carboxylic acids is 1. The van der Waals surface area contributed by atoms with Crippen molar-refractivity contribution in [3.05, 3.63) is 42.0 Å². The van der Waals surface area contributed by atoms with Crippen molar-refractivity contribution in [1.29, 1.82) is 0 Å². The van der Waals surface area contributed by atoms with E-state index in [0.717, 1.165) is 10.8 Å². The van der Waals surface area contributed by atoms with Crippen molar-refractivity contribution < 1.29 is 18.3 Å². The average molecular weight is 249 g/mol. The van der Waals surface area contributed by atoms with E-state index in [1.807, 2.05) is 0 Å². The SMILES string of the molecule is O=C(O)c1cc2ccccc2cc1N=S(=O)=O. The summed E-state index contributed by atoms with van der Waals surface area (Å²) in [5.41, 5.74) is -0.197. The molecule has 0 aromatic heterocycles. The van der Waals surface area contributed by atoms with E-state index in [0.29, 0.717) is 0 Å². The first-order chi connectivity index (χ1) is 8.08. The average Bonchev–Trinajstić information content (AvgIpc) is 2.27. The molecule has 0 saturated heterocycles. The van der Waals surface area contributed by atoms with Gasteiger partial charge in [-0.25, -0.2) is 4.79 Å². The Morgan fingerprint density at radius 2 is 1.71 bits per heavy atom. The van der Waals surface area contributed by atoms with Crippen LogP contribution in [0.1, 0.15) is 10.4 Å². The summed E-state index contributed by atoms with van der Waals surface area (Å²) in [4.78, 5) is 11.0. The Bertz CT molecular complexity index is 726. The molecule has 0 heterocycles. The van der Waals surface area contributed by atoms with Gasteiger partial charge >= 0.3 is 16.5 Å². The fourth-order valence-corrected chi connectivity index (χ4v) is 1.87. The van der Waals surface area contributed by atoms with E-state index < -0.39 is 16.5 Å². The maximum Gasteiger partial charge on any atom is 0.337 e. The standard InChI is InChI=1S/C11H7NO4S/c13-11(14)9-5-7-3-1-2-4-8(7)6-10(9)12-17(15)16/h1-6H,(H,13,14). The Kier molecular flexibility index (Phi) is 2.88. The number of hydrogen-bond acceptors (Lipinski definition) is 4. The number of aromatic carboxylic acids is 1. The molecule has 2 aromatic rings. The van der Waals surface area contributed by atoms with Gasteiger partial charge < -0.3 is 5.11 Å². The summed E-state index contributed by atoms with van der Waals surface area (Å²) < 4.78 is 24.3. The molecule has 0 spiro atoms. The van der Waals surface area contributed by atoms with Crippen LogP contribution in [0.3, 0.4) is 0 Å². The van der Waals surface area contributed by atoms with Crippen LogP contribution in [0.5, 0.6) is 0 Å². The topological polar surface area (TPSA) is 83.8 Å². The van der Waals surface area contributed by atoms with Crippen molar-refractivity contribution in [2.45, 2.75) is 0 Å². The number of rotatable bonds is 2. The summed E-state index contributed by atoms with van der Waals surface area (Å²) in [6.07, 6.45) is 0. The predicted molar refractivity (Wildman–Crippen MR) is 61.9 cm³/mol. The van der Waals surface area contributed by atoms with Crippen LogP contribution in [0.15, 0.2) is 40.8 Å². The van der Waals surface area contributed by atoms with Crippen LogP contribution in [-0.4, -0.2) is 19.5 Å². The minimum Gasteiger partial charge on any atom is -0.478 e. The van der Waals surface area contributed by atoms with Crippen molar-refractivity contribution in [1.82, 2.24) is 0 Å². The Morgan fingerprint density at radius 3 is 2.24 bits per heavy atom. The second-order valence-corrected chi connectivity index (χ2v) is 3.95. The second-order valence-electron chi connectivity index (χ2n) is 3.33. The molecule has 0 saturated carbocycles. The van der Waals surface area contributed by atoms with Crippen LogP contribution in [0, 0.1) is 0 Å². The lowest BCUT2D eigenvalue weighted by atomic mass is 10.1. The van der Waals surface area contributed by atoms with Crippen molar-refractivity contribution in [2.75, 3.05) is 0 Å². The summed E-state index contributed by atoms with van der Waals surface area (Å²) in [7, 11) is -2.67. The fraction of sp³-hybridized carbons (Fsp3) is 0. The molecule has 0 aliphatic carbocycles. The number of nitrogens with zero attached hydrogens (tertiary/aromatic N) is 1. The van der Waals surface area contributed by atoms with Crippen LogP contribution >= 0.6 is 0 Å². The maximum absolute atomic E-state index is 11.0. The molecular weight excluding hydrogens is 242 g/mol. The molecule has 1 N–H and O–H groups in total. The summed E-state index contributed by atoms with van der Waals surface area (Å²) >= 11 is 0. The van der Waals surface area contributed by atoms with Crippen molar-refractivity contribution in [2.24, 2.45) is 4.36 Å². The highest BCUT2D eigenvalue weighted by Gasteiger charge is 2.11. The summed E-state index contributed by atoms with van der Waals surface area (Å²) in [6.45, 7) is 0. The highest BCUT2D eigenvalue weighted by Crippen LogP contribution is 2.26. The van der Waals surface area contributed by atoms with Gasteiger partial charge in [0.25, 0.3) is 0 Å². The van der Waals surface area contributed by atoms with Crippen molar-refractivity contribution in [3.8, 4) is 0 Å². The van der Waals surface area contributed by atoms with E-state index in [1.165, 1.54) is 12.1 Å². The molecule has 0 radical (unpaired) electrons. The molecular formula is C11H7NO4S. The molecule has 2 rings (SSSR count). The molecule has 0 bridgehead atoms. The normalized spacial score (nSPS) is 10.1. The molecule has 17 heavy (non-hydrogen) atoms. The molecule has 5 nitrogen and oxygen atoms in total. The number of carboxylic acid groups (broad SMARTS) is 1.